The summed E-state index contributed by atoms with van der Waals surface area (Å²) in [5, 5.41) is 9.82. The summed E-state index contributed by atoms with van der Waals surface area (Å²) in [5.74, 6) is -2.16. The molecule has 1 N–H and O–H groups in total. The monoisotopic (exact) mass is 377 g/mol. The largest absolute Gasteiger partial charge is 0.505 e. The molecule has 0 spiro atoms. The van der Waals surface area contributed by atoms with Crippen LogP contribution in [-0.2, 0) is 4.79 Å². The molecule has 2 aliphatic heterocycles. The molecule has 28 heavy (non-hydrogen) atoms. The van der Waals surface area contributed by atoms with Crippen molar-refractivity contribution in [1.82, 2.24) is 9.29 Å². The maximum absolute atomic E-state index is 13.9. The van der Waals surface area contributed by atoms with E-state index in [0.29, 0.717) is 0 Å². The number of carbonyl (C=O) groups excluding carboxylic acids is 1. The number of Topliss-reactive ketones (excluding diaryl/α,β-unsaturated/α-hetero) is 1. The van der Waals surface area contributed by atoms with E-state index in [1.165, 1.54) is 0 Å². The molecule has 1 aliphatic carbocycles. The van der Waals surface area contributed by atoms with Gasteiger partial charge >= 0.3 is 7.55 Å². The Morgan fingerprint density at radius 2 is 1.96 bits per heavy atom. The second-order valence-electron chi connectivity index (χ2n) is 7.89. The molecule has 6 heteroatoms. The predicted octanol–water partition coefficient (Wildman–Crippen LogP) is 4.65. The molecule has 143 valence electrons. The molecule has 0 fully saturated rings. The van der Waals surface area contributed by atoms with Crippen molar-refractivity contribution < 1.29 is 14.3 Å². The summed E-state index contributed by atoms with van der Waals surface area (Å²) < 4.78 is 16.1. The summed E-state index contributed by atoms with van der Waals surface area (Å²) in [6.07, 6.45) is 3.92. The number of allylic oxidation sites excluding steroid dienone is 8. The second kappa shape index (κ2) is 6.13. The van der Waals surface area contributed by atoms with Gasteiger partial charge in [0.1, 0.15) is 0 Å². The Morgan fingerprint density at radius 3 is 2.57 bits per heavy atom. The fourth-order valence-corrected chi connectivity index (χ4v) is 4.49. The molecule has 4 nitrogen and oxygen atoms in total. The lowest BCUT2D eigenvalue weighted by atomic mass is 9.86. The van der Waals surface area contributed by atoms with Crippen molar-refractivity contribution in [3.8, 4) is 0 Å². The van der Waals surface area contributed by atoms with E-state index in [9.17, 15) is 14.3 Å². The molecule has 3 heterocycles. The summed E-state index contributed by atoms with van der Waals surface area (Å²) in [6, 6.07) is 2.14. The quantitative estimate of drug-likeness (QED) is 0.763. The molecule has 3 aliphatic rings. The molecular weight excluding hydrogens is 354 g/mol. The number of hydrogen-bond acceptors (Lipinski definition) is 3. The lowest BCUT2D eigenvalue weighted by Gasteiger charge is -2.34. The van der Waals surface area contributed by atoms with E-state index in [-0.39, 0.29) is 17.1 Å². The zero-order chi connectivity index (χ0) is 20.5. The van der Waals surface area contributed by atoms with E-state index >= 15 is 0 Å². The van der Waals surface area contributed by atoms with E-state index in [1.807, 2.05) is 6.92 Å². The van der Waals surface area contributed by atoms with Gasteiger partial charge in [0.15, 0.2) is 5.76 Å². The zero-order valence-electron chi connectivity index (χ0n) is 17.0. The number of nitrogens with zero attached hydrogens (tertiary/aromatic N) is 2. The van der Waals surface area contributed by atoms with E-state index in [2.05, 4.69) is 56.7 Å². The van der Waals surface area contributed by atoms with Crippen molar-refractivity contribution in [2.45, 2.75) is 41.5 Å². The minimum atomic E-state index is -1.07. The van der Waals surface area contributed by atoms with Crippen molar-refractivity contribution in [2.24, 2.45) is 5.92 Å². The van der Waals surface area contributed by atoms with E-state index in [0.717, 1.165) is 39.5 Å². The molecule has 1 aromatic heterocycles. The molecule has 0 bridgehead atoms. The summed E-state index contributed by atoms with van der Waals surface area (Å²) in [6.45, 7) is 11.9. The van der Waals surface area contributed by atoms with Gasteiger partial charge in [0, 0.05) is 39.7 Å². The van der Waals surface area contributed by atoms with Gasteiger partial charge in [0.05, 0.1) is 0 Å². The SMILES string of the molecule is CC1=CC(C)C2=C(/C(C)=C/C3=C(C)C(O)=C(F)C3=O)c3c(C)cc(C)n3[B]N12. The fourth-order valence-electron chi connectivity index (χ4n) is 4.49. The van der Waals surface area contributed by atoms with Gasteiger partial charge in [0.25, 0.3) is 0 Å². The van der Waals surface area contributed by atoms with Crippen molar-refractivity contribution in [3.63, 3.8) is 0 Å². The van der Waals surface area contributed by atoms with E-state index in [4.69, 9.17) is 0 Å². The van der Waals surface area contributed by atoms with Crippen LogP contribution < -0.4 is 0 Å². The Bertz CT molecular complexity index is 1100. The van der Waals surface area contributed by atoms with Crippen LogP contribution in [0.5, 0.6) is 0 Å². The molecule has 0 saturated carbocycles. The van der Waals surface area contributed by atoms with Gasteiger partial charge in [-0.1, -0.05) is 13.0 Å². The third-order valence-corrected chi connectivity index (χ3v) is 5.87. The number of fused-ring (bicyclic) bond motifs is 2. The summed E-state index contributed by atoms with van der Waals surface area (Å²) >= 11 is 0. The van der Waals surface area contributed by atoms with Crippen LogP contribution in [0.15, 0.2) is 57.9 Å². The first kappa shape index (κ1) is 18.6. The number of hydrogen-bond donors (Lipinski definition) is 1. The lowest BCUT2D eigenvalue weighted by Crippen LogP contribution is -2.35. The van der Waals surface area contributed by atoms with Crippen LogP contribution >= 0.6 is 0 Å². The van der Waals surface area contributed by atoms with Crippen LogP contribution in [-0.4, -0.2) is 27.7 Å². The standard InChI is InChI=1S/C22H23BFN2O2/c1-10(9-16-15(6)21(27)18(24)22(16)28)17-19-11(2)7-13(4)25(19)23-26-14(5)8-12(3)20(17)26/h7-9,11,27H,1-6H3/b10-9+. The van der Waals surface area contributed by atoms with Crippen LogP contribution in [0.3, 0.4) is 0 Å². The molecular formula is C22H23BFN2O2. The van der Waals surface area contributed by atoms with Gasteiger partial charge in [0.2, 0.25) is 11.6 Å². The summed E-state index contributed by atoms with van der Waals surface area (Å²) in [7, 11) is 2.11. The van der Waals surface area contributed by atoms with Gasteiger partial charge < -0.3 is 14.4 Å². The van der Waals surface area contributed by atoms with Gasteiger partial charge in [-0.15, -0.1) is 0 Å². The minimum absolute atomic E-state index is 0.213. The number of aryl methyl sites for hydroxylation is 2. The molecule has 0 saturated heterocycles. The second-order valence-corrected chi connectivity index (χ2v) is 7.89. The summed E-state index contributed by atoms with van der Waals surface area (Å²) in [5.41, 5.74) is 8.09. The highest BCUT2D eigenvalue weighted by molar-refractivity contribution is 6.34. The topological polar surface area (TPSA) is 45.5 Å². The molecule has 0 amide bonds. The molecule has 4 rings (SSSR count). The fraction of sp³-hybridized carbons (Fsp3) is 0.318. The smallest absolute Gasteiger partial charge is 0.400 e. The molecule has 0 aromatic carbocycles. The maximum Gasteiger partial charge on any atom is 0.400 e. The van der Waals surface area contributed by atoms with Crippen molar-refractivity contribution >= 4 is 18.9 Å². The molecule has 1 aromatic rings. The highest BCUT2D eigenvalue weighted by atomic mass is 19.1. The highest BCUT2D eigenvalue weighted by Crippen LogP contribution is 2.44. The van der Waals surface area contributed by atoms with Gasteiger partial charge in [-0.2, -0.15) is 4.39 Å². The van der Waals surface area contributed by atoms with Gasteiger partial charge in [-0.05, 0) is 63.6 Å². The Labute approximate surface area is 165 Å². The van der Waals surface area contributed by atoms with Crippen molar-refractivity contribution in [2.75, 3.05) is 0 Å². The third kappa shape index (κ3) is 2.40. The van der Waals surface area contributed by atoms with E-state index in [1.54, 1.807) is 13.0 Å². The number of aliphatic hydroxyl groups excluding tert-OH is 1. The lowest BCUT2D eigenvalue weighted by molar-refractivity contribution is -0.113. The Morgan fingerprint density at radius 1 is 1.29 bits per heavy atom. The Kier molecular flexibility index (Phi) is 4.07. The number of aliphatic hydroxyl groups is 1. The summed E-state index contributed by atoms with van der Waals surface area (Å²) in [4.78, 5) is 14.4. The number of carbonyl (C=O) groups is 1. The normalized spacial score (nSPS) is 22.2. The average molecular weight is 377 g/mol. The maximum atomic E-state index is 13.9. The minimum Gasteiger partial charge on any atom is -0.505 e. The molecule has 1 radical (unpaired) electrons. The third-order valence-electron chi connectivity index (χ3n) is 5.87. The number of halogens is 1. The van der Waals surface area contributed by atoms with E-state index < -0.39 is 17.4 Å². The first-order valence-corrected chi connectivity index (χ1v) is 9.42. The van der Waals surface area contributed by atoms with Crippen LogP contribution in [0, 0.1) is 19.8 Å². The molecule has 1 atom stereocenters. The van der Waals surface area contributed by atoms with Crippen LogP contribution in [0.4, 0.5) is 4.39 Å². The Balaban J connectivity index is 1.93. The van der Waals surface area contributed by atoms with Crippen LogP contribution in [0.2, 0.25) is 0 Å². The highest BCUT2D eigenvalue weighted by Gasteiger charge is 2.36. The molecule has 1 unspecified atom stereocenters. The first-order valence-electron chi connectivity index (χ1n) is 9.42. The van der Waals surface area contributed by atoms with Crippen LogP contribution in [0.25, 0.3) is 5.57 Å². The van der Waals surface area contributed by atoms with Gasteiger partial charge in [-0.25, -0.2) is 0 Å². The van der Waals surface area contributed by atoms with Crippen molar-refractivity contribution in [3.05, 3.63) is 74.9 Å². The van der Waals surface area contributed by atoms with Crippen molar-refractivity contribution in [1.29, 1.82) is 0 Å². The van der Waals surface area contributed by atoms with Gasteiger partial charge in [-0.3, -0.25) is 4.79 Å². The predicted molar refractivity (Wildman–Crippen MR) is 109 cm³/mol. The number of aromatic nitrogens is 1. The average Bonchev–Trinajstić information content (AvgIpc) is 3.16. The Hall–Kier alpha value is -2.76. The number of rotatable bonds is 2. The first-order chi connectivity index (χ1) is 13.1. The number of ketones is 1. The zero-order valence-corrected chi connectivity index (χ0v) is 17.0. The van der Waals surface area contributed by atoms with Crippen LogP contribution in [0.1, 0.15) is 44.6 Å².